The maximum absolute atomic E-state index is 12.3. The zero-order chi connectivity index (χ0) is 18.1. The summed E-state index contributed by atoms with van der Waals surface area (Å²) in [6.07, 6.45) is 5.83. The van der Waals surface area contributed by atoms with Crippen LogP contribution in [-0.2, 0) is 4.79 Å². The predicted octanol–water partition coefficient (Wildman–Crippen LogP) is 2.25. The number of guanidine groups is 1. The first-order chi connectivity index (χ1) is 12.2. The third-order valence-corrected chi connectivity index (χ3v) is 5.36. The largest absolute Gasteiger partial charge is 0.357 e. The minimum absolute atomic E-state index is 0. The molecule has 0 aromatic rings. The number of carbonyl (C=O) groups is 1. The predicted molar refractivity (Wildman–Crippen MR) is 119 cm³/mol. The van der Waals surface area contributed by atoms with Gasteiger partial charge in [0.15, 0.2) is 5.96 Å². The minimum Gasteiger partial charge on any atom is -0.357 e. The number of hydrogen-bond donors (Lipinski definition) is 1. The number of halogens is 1. The third kappa shape index (κ3) is 7.21. The van der Waals surface area contributed by atoms with Crippen molar-refractivity contribution >= 4 is 35.8 Å². The first kappa shape index (κ1) is 23.5. The molecule has 2 fully saturated rings. The molecule has 26 heavy (non-hydrogen) atoms. The van der Waals surface area contributed by atoms with E-state index in [0.717, 1.165) is 71.2 Å². The molecular weight excluding hydrogens is 441 g/mol. The molecule has 0 aromatic carbocycles. The first-order valence-electron chi connectivity index (χ1n) is 10.2. The summed E-state index contributed by atoms with van der Waals surface area (Å²) < 4.78 is 0. The highest BCUT2D eigenvalue weighted by atomic mass is 127. The monoisotopic (exact) mass is 479 g/mol. The molecule has 0 atom stereocenters. The zero-order valence-electron chi connectivity index (χ0n) is 16.9. The maximum Gasteiger partial charge on any atom is 0.225 e. The van der Waals surface area contributed by atoms with Crippen LogP contribution in [0.2, 0.25) is 0 Å². The van der Waals surface area contributed by atoms with Gasteiger partial charge in [-0.2, -0.15) is 0 Å². The number of aliphatic imine (C=N–C) groups is 1. The number of nitrogens with zero attached hydrogens (tertiary/aromatic N) is 4. The number of nitrogens with one attached hydrogen (secondary N) is 1. The number of unbranched alkanes of at least 4 members (excludes halogenated alkanes) is 1. The molecule has 6 nitrogen and oxygen atoms in total. The van der Waals surface area contributed by atoms with E-state index in [2.05, 4.69) is 40.9 Å². The number of hydrogen-bond acceptors (Lipinski definition) is 3. The van der Waals surface area contributed by atoms with Crippen LogP contribution in [0, 0.1) is 5.92 Å². The van der Waals surface area contributed by atoms with E-state index in [-0.39, 0.29) is 24.0 Å². The van der Waals surface area contributed by atoms with Crippen molar-refractivity contribution in [3.8, 4) is 0 Å². The van der Waals surface area contributed by atoms with Gasteiger partial charge < -0.3 is 15.1 Å². The van der Waals surface area contributed by atoms with Crippen molar-refractivity contribution in [1.29, 1.82) is 0 Å². The first-order valence-corrected chi connectivity index (χ1v) is 10.2. The van der Waals surface area contributed by atoms with Crippen LogP contribution in [0.4, 0.5) is 0 Å². The Kier molecular flexibility index (Phi) is 11.5. The molecule has 0 radical (unpaired) electrons. The number of amides is 1. The van der Waals surface area contributed by atoms with Crippen molar-refractivity contribution in [2.24, 2.45) is 10.9 Å². The molecule has 0 aromatic heterocycles. The van der Waals surface area contributed by atoms with E-state index in [4.69, 9.17) is 4.99 Å². The second kappa shape index (κ2) is 12.8. The Morgan fingerprint density at radius 2 is 1.88 bits per heavy atom. The van der Waals surface area contributed by atoms with E-state index in [1.165, 1.54) is 19.3 Å². The van der Waals surface area contributed by atoms with E-state index in [1.54, 1.807) is 0 Å². The maximum atomic E-state index is 12.3. The summed E-state index contributed by atoms with van der Waals surface area (Å²) >= 11 is 0. The second-order valence-corrected chi connectivity index (χ2v) is 7.31. The third-order valence-electron chi connectivity index (χ3n) is 5.36. The molecule has 0 bridgehead atoms. The van der Waals surface area contributed by atoms with Gasteiger partial charge in [0.25, 0.3) is 0 Å². The van der Waals surface area contributed by atoms with Gasteiger partial charge >= 0.3 is 0 Å². The summed E-state index contributed by atoms with van der Waals surface area (Å²) in [6, 6.07) is 0. The van der Waals surface area contributed by atoms with Crippen LogP contribution in [0.15, 0.2) is 4.99 Å². The lowest BCUT2D eigenvalue weighted by Gasteiger charge is -2.38. The Balaban J connectivity index is 0.00000338. The molecule has 1 heterocycles. The molecule has 2 aliphatic rings. The van der Waals surface area contributed by atoms with E-state index in [1.807, 2.05) is 0 Å². The molecule has 7 heteroatoms. The minimum atomic E-state index is 0. The Morgan fingerprint density at radius 1 is 1.19 bits per heavy atom. The second-order valence-electron chi connectivity index (χ2n) is 7.31. The van der Waals surface area contributed by atoms with Crippen LogP contribution < -0.4 is 5.32 Å². The molecule has 0 unspecified atom stereocenters. The smallest absolute Gasteiger partial charge is 0.225 e. The average Bonchev–Trinajstić information content (AvgIpc) is 2.58. The lowest BCUT2D eigenvalue weighted by atomic mass is 9.84. The van der Waals surface area contributed by atoms with Crippen molar-refractivity contribution in [1.82, 2.24) is 20.0 Å². The van der Waals surface area contributed by atoms with E-state index in [0.29, 0.717) is 11.8 Å². The van der Waals surface area contributed by atoms with E-state index in [9.17, 15) is 4.79 Å². The van der Waals surface area contributed by atoms with E-state index < -0.39 is 0 Å². The molecule has 2 rings (SSSR count). The highest BCUT2D eigenvalue weighted by molar-refractivity contribution is 14.0. The summed E-state index contributed by atoms with van der Waals surface area (Å²) in [4.78, 5) is 23.8. The van der Waals surface area contributed by atoms with Gasteiger partial charge in [-0.3, -0.25) is 14.7 Å². The molecule has 152 valence electrons. The lowest BCUT2D eigenvalue weighted by Crippen LogP contribution is -2.51. The zero-order valence-corrected chi connectivity index (χ0v) is 19.2. The van der Waals surface area contributed by atoms with Crippen LogP contribution >= 0.6 is 24.0 Å². The summed E-state index contributed by atoms with van der Waals surface area (Å²) in [5, 5.41) is 3.38. The fraction of sp³-hybridized carbons (Fsp3) is 0.895. The Bertz CT molecular complexity index is 434. The van der Waals surface area contributed by atoms with Crippen LogP contribution in [0.5, 0.6) is 0 Å². The molecule has 1 aliphatic heterocycles. The Morgan fingerprint density at radius 3 is 2.42 bits per heavy atom. The molecule has 0 spiro atoms. The van der Waals surface area contributed by atoms with Crippen molar-refractivity contribution in [3.05, 3.63) is 0 Å². The quantitative estimate of drug-likeness (QED) is 0.330. The lowest BCUT2D eigenvalue weighted by molar-refractivity contribution is -0.139. The van der Waals surface area contributed by atoms with E-state index >= 15 is 0 Å². The van der Waals surface area contributed by atoms with Crippen molar-refractivity contribution in [2.75, 3.05) is 59.4 Å². The van der Waals surface area contributed by atoms with Crippen LogP contribution in [0.25, 0.3) is 0 Å². The van der Waals surface area contributed by atoms with Crippen LogP contribution in [0.3, 0.4) is 0 Å². The molecule has 1 saturated carbocycles. The van der Waals surface area contributed by atoms with Crippen molar-refractivity contribution in [2.45, 2.75) is 46.0 Å². The van der Waals surface area contributed by atoms with Gasteiger partial charge in [-0.25, -0.2) is 0 Å². The van der Waals surface area contributed by atoms with Crippen molar-refractivity contribution < 1.29 is 4.79 Å². The molecule has 1 aliphatic carbocycles. The molecule has 1 saturated heterocycles. The number of carbonyl (C=O) groups excluding carboxylic acids is 1. The Labute approximate surface area is 176 Å². The van der Waals surface area contributed by atoms with Gasteiger partial charge in [0, 0.05) is 58.8 Å². The molecule has 1 N–H and O–H groups in total. The number of rotatable bonds is 8. The highest BCUT2D eigenvalue weighted by Gasteiger charge is 2.30. The van der Waals surface area contributed by atoms with Gasteiger partial charge in [-0.15, -0.1) is 24.0 Å². The summed E-state index contributed by atoms with van der Waals surface area (Å²) in [5.41, 5.74) is 0. The van der Waals surface area contributed by atoms with Crippen LogP contribution in [-0.4, -0.2) is 86.0 Å². The fourth-order valence-electron chi connectivity index (χ4n) is 3.37. The van der Waals surface area contributed by atoms with Gasteiger partial charge in [0.2, 0.25) is 5.91 Å². The molecule has 1 amide bonds. The summed E-state index contributed by atoms with van der Waals surface area (Å²) in [7, 11) is 2.11. The van der Waals surface area contributed by atoms with Crippen molar-refractivity contribution in [3.63, 3.8) is 0 Å². The Hall–Kier alpha value is -0.570. The van der Waals surface area contributed by atoms with Gasteiger partial charge in [-0.05, 0) is 26.2 Å². The van der Waals surface area contributed by atoms with Gasteiger partial charge in [0.05, 0.1) is 6.54 Å². The average molecular weight is 479 g/mol. The number of piperazine rings is 1. The summed E-state index contributed by atoms with van der Waals surface area (Å²) in [5.74, 6) is 1.74. The standard InChI is InChI=1S/C19H37N5O.HI/c1-4-6-11-22(3)19(20-5-2)21-10-12-23-13-15-24(16-14-23)18(25)17-8-7-9-17;/h17H,4-16H2,1-3H3,(H,20,21);1H. The SMILES string of the molecule is CCCCN(C)C(=NCCN1CCN(C(=O)C2CCC2)CC1)NCC.I. The normalized spacial score (nSPS) is 18.9. The van der Waals surface area contributed by atoms with Gasteiger partial charge in [0.1, 0.15) is 0 Å². The highest BCUT2D eigenvalue weighted by Crippen LogP contribution is 2.28. The van der Waals surface area contributed by atoms with Gasteiger partial charge in [-0.1, -0.05) is 19.8 Å². The van der Waals surface area contributed by atoms with Crippen LogP contribution in [0.1, 0.15) is 46.0 Å². The topological polar surface area (TPSA) is 51.2 Å². The summed E-state index contributed by atoms with van der Waals surface area (Å²) in [6.45, 7) is 11.8. The molecular formula is C19H38IN5O. The fourth-order valence-corrected chi connectivity index (χ4v) is 3.37.